The van der Waals surface area contributed by atoms with Crippen LogP contribution in [0.3, 0.4) is 0 Å². The second-order valence-electron chi connectivity index (χ2n) is 6.95. The first-order valence-electron chi connectivity index (χ1n) is 9.26. The minimum Gasteiger partial charge on any atom is -0.384 e. The maximum atomic E-state index is 12.7. The van der Waals surface area contributed by atoms with E-state index in [-0.39, 0.29) is 24.9 Å². The van der Waals surface area contributed by atoms with Crippen molar-refractivity contribution < 1.29 is 19.4 Å². The molecule has 5 N–H and O–H groups in total. The molecule has 0 aliphatic carbocycles. The molecule has 2 aromatic rings. The number of benzene rings is 2. The second kappa shape index (κ2) is 8.85. The summed E-state index contributed by atoms with van der Waals surface area (Å²) in [4.78, 5) is 26.7. The Kier molecular flexibility index (Phi) is 6.26. The van der Waals surface area contributed by atoms with E-state index in [1.807, 2.05) is 19.1 Å². The number of anilines is 1. The third-order valence-corrected chi connectivity index (χ3v) is 4.76. The van der Waals surface area contributed by atoms with Crippen LogP contribution in [0, 0.1) is 12.3 Å². The Morgan fingerprint density at radius 3 is 2.41 bits per heavy atom. The lowest BCUT2D eigenvalue weighted by Crippen LogP contribution is -2.52. The first-order chi connectivity index (χ1) is 13.8. The van der Waals surface area contributed by atoms with Gasteiger partial charge in [0.25, 0.3) is 11.8 Å². The molecule has 2 unspecified atom stereocenters. The highest BCUT2D eigenvalue weighted by atomic mass is 16.5. The fourth-order valence-electron chi connectivity index (χ4n) is 3.05. The van der Waals surface area contributed by atoms with E-state index >= 15 is 0 Å². The van der Waals surface area contributed by atoms with Gasteiger partial charge in [0.2, 0.25) is 0 Å². The maximum Gasteiger partial charge on any atom is 0.256 e. The predicted molar refractivity (Wildman–Crippen MR) is 109 cm³/mol. The third kappa shape index (κ3) is 4.98. The Balaban J connectivity index is 1.61. The van der Waals surface area contributed by atoms with E-state index < -0.39 is 18.1 Å². The Bertz CT molecular complexity index is 896. The summed E-state index contributed by atoms with van der Waals surface area (Å²) in [5.41, 5.74) is 8.01. The molecule has 0 spiro atoms. The molecule has 1 aliphatic rings. The lowest BCUT2D eigenvalue weighted by atomic mass is 10.1. The normalized spacial score (nSPS) is 17.4. The number of hydrogen-bond donors (Lipinski definition) is 4. The molecule has 0 aromatic heterocycles. The summed E-state index contributed by atoms with van der Waals surface area (Å²) >= 11 is 0. The lowest BCUT2D eigenvalue weighted by molar-refractivity contribution is -0.137. The Morgan fingerprint density at radius 1 is 1.17 bits per heavy atom. The van der Waals surface area contributed by atoms with E-state index in [2.05, 4.69) is 5.32 Å². The lowest BCUT2D eigenvalue weighted by Gasteiger charge is -2.34. The number of nitrogens with zero attached hydrogens (tertiary/aromatic N) is 1. The van der Waals surface area contributed by atoms with Crippen molar-refractivity contribution in [2.75, 3.05) is 25.0 Å². The van der Waals surface area contributed by atoms with Crippen molar-refractivity contribution in [2.45, 2.75) is 19.1 Å². The molecular weight excluding hydrogens is 372 g/mol. The van der Waals surface area contributed by atoms with Gasteiger partial charge in [-0.2, -0.15) is 0 Å². The fourth-order valence-corrected chi connectivity index (χ4v) is 3.05. The average Bonchev–Trinajstić information content (AvgIpc) is 2.73. The number of amides is 2. The molecule has 2 amide bonds. The number of aliphatic hydroxyl groups excluding tert-OH is 1. The van der Waals surface area contributed by atoms with E-state index in [1.54, 1.807) is 41.3 Å². The zero-order chi connectivity index (χ0) is 21.0. The molecule has 8 heteroatoms. The number of rotatable bonds is 5. The molecule has 2 aromatic carbocycles. The molecule has 1 aliphatic heterocycles. The van der Waals surface area contributed by atoms with E-state index in [9.17, 15) is 14.7 Å². The van der Waals surface area contributed by atoms with Gasteiger partial charge < -0.3 is 25.8 Å². The molecule has 8 nitrogen and oxygen atoms in total. The van der Waals surface area contributed by atoms with Crippen molar-refractivity contribution in [2.24, 2.45) is 5.73 Å². The van der Waals surface area contributed by atoms with Gasteiger partial charge in [0.15, 0.2) is 6.10 Å². The summed E-state index contributed by atoms with van der Waals surface area (Å²) in [5, 5.41) is 20.4. The average molecular weight is 396 g/mol. The summed E-state index contributed by atoms with van der Waals surface area (Å²) in [6.45, 7) is 2.69. The number of nitrogens with one attached hydrogen (secondary N) is 2. The number of carbonyl (C=O) groups is 2. The zero-order valence-corrected chi connectivity index (χ0v) is 16.1. The van der Waals surface area contributed by atoms with Gasteiger partial charge in [-0.3, -0.25) is 15.0 Å². The summed E-state index contributed by atoms with van der Waals surface area (Å²) in [6, 6.07) is 13.6. The SMILES string of the molecule is Cc1ccc(C(=O)N2CCOC(C(O)C(=O)Nc3ccc(C(=N)N)cc3)C2)cc1. The van der Waals surface area contributed by atoms with Gasteiger partial charge in [0, 0.05) is 23.4 Å². The van der Waals surface area contributed by atoms with Crippen LogP contribution in [0.2, 0.25) is 0 Å². The van der Waals surface area contributed by atoms with Crippen LogP contribution in [0.5, 0.6) is 0 Å². The topological polar surface area (TPSA) is 129 Å². The molecule has 1 heterocycles. The Labute approximate surface area is 168 Å². The van der Waals surface area contributed by atoms with Crippen molar-refractivity contribution in [1.29, 1.82) is 5.41 Å². The highest BCUT2D eigenvalue weighted by Crippen LogP contribution is 2.16. The number of morpholine rings is 1. The number of carbonyl (C=O) groups excluding carboxylic acids is 2. The van der Waals surface area contributed by atoms with Crippen LogP contribution >= 0.6 is 0 Å². The van der Waals surface area contributed by atoms with Gasteiger partial charge in [-0.15, -0.1) is 0 Å². The Morgan fingerprint density at radius 2 is 1.79 bits per heavy atom. The molecule has 0 bridgehead atoms. The zero-order valence-electron chi connectivity index (χ0n) is 16.1. The predicted octanol–water partition coefficient (Wildman–Crippen LogP) is 1.12. The van der Waals surface area contributed by atoms with E-state index in [0.717, 1.165) is 5.56 Å². The molecule has 1 saturated heterocycles. The number of nitrogens with two attached hydrogens (primary N) is 1. The number of aliphatic hydroxyl groups is 1. The van der Waals surface area contributed by atoms with Crippen molar-refractivity contribution >= 4 is 23.3 Å². The van der Waals surface area contributed by atoms with Gasteiger partial charge in [-0.25, -0.2) is 0 Å². The van der Waals surface area contributed by atoms with Gasteiger partial charge in [-0.1, -0.05) is 17.7 Å². The maximum absolute atomic E-state index is 12.7. The van der Waals surface area contributed by atoms with Crippen molar-refractivity contribution in [1.82, 2.24) is 4.90 Å². The summed E-state index contributed by atoms with van der Waals surface area (Å²) in [6.07, 6.45) is -2.26. The van der Waals surface area contributed by atoms with E-state index in [4.69, 9.17) is 15.9 Å². The fraction of sp³-hybridized carbons (Fsp3) is 0.286. The van der Waals surface area contributed by atoms with Crippen LogP contribution in [-0.2, 0) is 9.53 Å². The van der Waals surface area contributed by atoms with Gasteiger partial charge >= 0.3 is 0 Å². The minimum absolute atomic E-state index is 0.0724. The number of ether oxygens (including phenoxy) is 1. The van der Waals surface area contributed by atoms with Crippen LogP contribution in [0.25, 0.3) is 0 Å². The smallest absolute Gasteiger partial charge is 0.256 e. The monoisotopic (exact) mass is 396 g/mol. The van der Waals surface area contributed by atoms with Crippen LogP contribution in [0.4, 0.5) is 5.69 Å². The summed E-state index contributed by atoms with van der Waals surface area (Å²) < 4.78 is 5.54. The van der Waals surface area contributed by atoms with Gasteiger partial charge in [-0.05, 0) is 43.3 Å². The first kappa shape index (κ1) is 20.5. The molecule has 152 valence electrons. The molecule has 3 rings (SSSR count). The quantitative estimate of drug-likeness (QED) is 0.445. The molecule has 0 saturated carbocycles. The summed E-state index contributed by atoms with van der Waals surface area (Å²) in [5.74, 6) is -0.863. The molecule has 1 fully saturated rings. The first-order valence-corrected chi connectivity index (χ1v) is 9.26. The van der Waals surface area contributed by atoms with Crippen molar-refractivity contribution in [3.05, 3.63) is 65.2 Å². The number of amidine groups is 1. The molecule has 2 atom stereocenters. The van der Waals surface area contributed by atoms with Gasteiger partial charge in [0.1, 0.15) is 11.9 Å². The third-order valence-electron chi connectivity index (χ3n) is 4.76. The van der Waals surface area contributed by atoms with E-state index in [0.29, 0.717) is 23.4 Å². The largest absolute Gasteiger partial charge is 0.384 e. The number of hydrogen-bond acceptors (Lipinski definition) is 5. The molecular formula is C21H24N4O4. The van der Waals surface area contributed by atoms with Crippen LogP contribution < -0.4 is 11.1 Å². The minimum atomic E-state index is -1.43. The molecule has 0 radical (unpaired) electrons. The van der Waals surface area contributed by atoms with Crippen LogP contribution in [-0.4, -0.2) is 59.6 Å². The summed E-state index contributed by atoms with van der Waals surface area (Å²) in [7, 11) is 0. The highest BCUT2D eigenvalue weighted by Gasteiger charge is 2.33. The standard InChI is InChI=1S/C21H24N4O4/c1-13-2-4-15(5-3-13)21(28)25-10-11-29-17(12-25)18(26)20(27)24-16-8-6-14(7-9-16)19(22)23/h2-9,17-18,26H,10-12H2,1H3,(H3,22,23)(H,24,27). The molecule has 29 heavy (non-hydrogen) atoms. The van der Waals surface area contributed by atoms with E-state index in [1.165, 1.54) is 0 Å². The number of nitrogen functional groups attached to an aromatic ring is 1. The van der Waals surface area contributed by atoms with Crippen LogP contribution in [0.1, 0.15) is 21.5 Å². The van der Waals surface area contributed by atoms with Crippen molar-refractivity contribution in [3.8, 4) is 0 Å². The second-order valence-corrected chi connectivity index (χ2v) is 6.95. The van der Waals surface area contributed by atoms with Gasteiger partial charge in [0.05, 0.1) is 13.2 Å². The number of aryl methyl sites for hydroxylation is 1. The highest BCUT2D eigenvalue weighted by molar-refractivity contribution is 5.97. The van der Waals surface area contributed by atoms with Crippen LogP contribution in [0.15, 0.2) is 48.5 Å². The van der Waals surface area contributed by atoms with Crippen molar-refractivity contribution in [3.63, 3.8) is 0 Å². The Hall–Kier alpha value is -3.23.